The van der Waals surface area contributed by atoms with Crippen LogP contribution in [0.3, 0.4) is 0 Å². The number of aryl methyl sites for hydroxylation is 1. The molecule has 0 aliphatic carbocycles. The lowest BCUT2D eigenvalue weighted by molar-refractivity contribution is 0.0663. The molecule has 30 heavy (non-hydrogen) atoms. The third kappa shape index (κ3) is 3.76. The molecule has 4 heterocycles. The smallest absolute Gasteiger partial charge is 0.227 e. The number of aliphatic hydroxyl groups excluding tert-OH is 1. The molecule has 5 rings (SSSR count). The summed E-state index contributed by atoms with van der Waals surface area (Å²) in [5, 5.41) is 21.9. The fourth-order valence-electron chi connectivity index (χ4n) is 4.46. The lowest BCUT2D eigenvalue weighted by Gasteiger charge is -2.36. The fraction of sp³-hybridized carbons (Fsp3) is 0.476. The van der Waals surface area contributed by atoms with Gasteiger partial charge in [0, 0.05) is 16.6 Å². The molecule has 2 saturated heterocycles. The predicted molar refractivity (Wildman–Crippen MR) is 115 cm³/mol. The molecule has 2 aliphatic heterocycles. The Morgan fingerprint density at radius 2 is 2.07 bits per heavy atom. The number of aliphatic hydroxyl groups is 1. The number of fused-ring (bicyclic) bond motifs is 1. The van der Waals surface area contributed by atoms with Crippen molar-refractivity contribution in [2.75, 3.05) is 31.6 Å². The van der Waals surface area contributed by atoms with Crippen LogP contribution in [0.5, 0.6) is 0 Å². The first-order chi connectivity index (χ1) is 14.6. The Bertz CT molecular complexity index is 1050. The van der Waals surface area contributed by atoms with Crippen molar-refractivity contribution in [3.8, 4) is 0 Å². The molecule has 0 bridgehead atoms. The van der Waals surface area contributed by atoms with Gasteiger partial charge in [-0.05, 0) is 56.5 Å². The summed E-state index contributed by atoms with van der Waals surface area (Å²) in [5.41, 5.74) is 3.79. The Hall–Kier alpha value is -2.26. The molecule has 1 aromatic carbocycles. The number of likely N-dealkylation sites (tertiary alicyclic amines) is 1. The van der Waals surface area contributed by atoms with Gasteiger partial charge in [0.25, 0.3) is 0 Å². The fourth-order valence-corrected chi connectivity index (χ4v) is 4.79. The molecule has 2 atom stereocenters. The highest BCUT2D eigenvalue weighted by Crippen LogP contribution is 2.36. The number of hydrogen-bond acceptors (Lipinski definition) is 7. The quantitative estimate of drug-likeness (QED) is 0.587. The van der Waals surface area contributed by atoms with Gasteiger partial charge in [-0.2, -0.15) is 5.10 Å². The number of benzene rings is 1. The number of piperidine rings is 1. The van der Waals surface area contributed by atoms with Crippen molar-refractivity contribution in [2.45, 2.75) is 37.8 Å². The molecule has 0 saturated carbocycles. The summed E-state index contributed by atoms with van der Waals surface area (Å²) < 4.78 is 5.42. The number of halogens is 1. The third-order valence-electron chi connectivity index (χ3n) is 6.23. The minimum absolute atomic E-state index is 0.116. The monoisotopic (exact) mass is 428 g/mol. The number of anilines is 2. The Labute approximate surface area is 179 Å². The van der Waals surface area contributed by atoms with E-state index in [1.807, 2.05) is 13.0 Å². The molecule has 8 nitrogen and oxygen atoms in total. The van der Waals surface area contributed by atoms with Gasteiger partial charge >= 0.3 is 0 Å². The van der Waals surface area contributed by atoms with Crippen molar-refractivity contribution in [1.82, 2.24) is 25.1 Å². The van der Waals surface area contributed by atoms with Crippen LogP contribution < -0.4 is 5.32 Å². The van der Waals surface area contributed by atoms with Gasteiger partial charge in [-0.15, -0.1) is 0 Å². The van der Waals surface area contributed by atoms with Crippen LogP contribution in [0, 0.1) is 6.92 Å². The summed E-state index contributed by atoms with van der Waals surface area (Å²) in [7, 11) is 0. The van der Waals surface area contributed by atoms with E-state index in [-0.39, 0.29) is 12.1 Å². The molecule has 2 fully saturated rings. The average Bonchev–Trinajstić information content (AvgIpc) is 3.36. The second-order valence-corrected chi connectivity index (χ2v) is 8.55. The number of nitrogens with one attached hydrogen (secondary N) is 2. The molecule has 0 amide bonds. The molecule has 3 aromatic rings. The van der Waals surface area contributed by atoms with Crippen LogP contribution in [0.25, 0.3) is 10.9 Å². The van der Waals surface area contributed by atoms with E-state index in [2.05, 4.69) is 31.5 Å². The molecule has 158 valence electrons. The maximum Gasteiger partial charge on any atom is 0.227 e. The van der Waals surface area contributed by atoms with E-state index in [1.54, 1.807) is 12.4 Å². The lowest BCUT2D eigenvalue weighted by Crippen LogP contribution is -2.46. The average molecular weight is 429 g/mol. The summed E-state index contributed by atoms with van der Waals surface area (Å²) in [6, 6.07) is 4.17. The Balaban J connectivity index is 1.35. The number of aromatic nitrogens is 4. The van der Waals surface area contributed by atoms with E-state index >= 15 is 0 Å². The van der Waals surface area contributed by atoms with Crippen molar-refractivity contribution in [1.29, 1.82) is 0 Å². The molecular formula is C21H25ClN6O2. The first-order valence-corrected chi connectivity index (χ1v) is 10.7. The molecule has 0 spiro atoms. The first-order valence-electron chi connectivity index (χ1n) is 10.3. The number of ether oxygens (including phenoxy) is 1. The largest absolute Gasteiger partial charge is 0.389 e. The number of nitrogens with zero attached hydrogens (tertiary/aromatic N) is 4. The Morgan fingerprint density at radius 3 is 2.77 bits per heavy atom. The van der Waals surface area contributed by atoms with Gasteiger partial charge in [-0.1, -0.05) is 11.6 Å². The number of aromatic amines is 1. The van der Waals surface area contributed by atoms with Gasteiger partial charge in [0.15, 0.2) is 0 Å². The van der Waals surface area contributed by atoms with E-state index < -0.39 is 0 Å². The molecule has 0 radical (unpaired) electrons. The van der Waals surface area contributed by atoms with Crippen molar-refractivity contribution < 1.29 is 9.84 Å². The highest BCUT2D eigenvalue weighted by atomic mass is 35.5. The Morgan fingerprint density at radius 1 is 1.23 bits per heavy atom. The zero-order chi connectivity index (χ0) is 20.7. The Kier molecular flexibility index (Phi) is 5.32. The third-order valence-corrected chi connectivity index (χ3v) is 6.56. The van der Waals surface area contributed by atoms with Crippen LogP contribution in [0.2, 0.25) is 5.02 Å². The summed E-state index contributed by atoms with van der Waals surface area (Å²) >= 11 is 6.64. The predicted octanol–water partition coefficient (Wildman–Crippen LogP) is 3.00. The van der Waals surface area contributed by atoms with Crippen LogP contribution in [0.1, 0.15) is 30.0 Å². The zero-order valence-corrected chi connectivity index (χ0v) is 17.6. The highest BCUT2D eigenvalue weighted by molar-refractivity contribution is 6.32. The van der Waals surface area contributed by atoms with Gasteiger partial charge in [0.1, 0.15) is 0 Å². The van der Waals surface area contributed by atoms with Gasteiger partial charge < -0.3 is 15.2 Å². The van der Waals surface area contributed by atoms with E-state index in [1.165, 1.54) is 0 Å². The van der Waals surface area contributed by atoms with Crippen LogP contribution in [-0.2, 0) is 4.74 Å². The van der Waals surface area contributed by atoms with Crippen LogP contribution in [0.15, 0.2) is 24.5 Å². The number of H-pyrrole nitrogens is 1. The maximum atomic E-state index is 10.1. The second-order valence-electron chi connectivity index (χ2n) is 8.14. The highest BCUT2D eigenvalue weighted by Gasteiger charge is 2.34. The summed E-state index contributed by atoms with van der Waals surface area (Å²) in [4.78, 5) is 11.4. The van der Waals surface area contributed by atoms with Crippen LogP contribution in [-0.4, -0.2) is 68.6 Å². The molecule has 3 N–H and O–H groups in total. The summed E-state index contributed by atoms with van der Waals surface area (Å²) in [5.74, 6) is 0.908. The summed E-state index contributed by atoms with van der Waals surface area (Å²) in [6.07, 6.45) is 5.13. The molecule has 2 aromatic heterocycles. The SMILES string of the molecule is Cc1[nH]ncc1Nc1ncc2cc(Cl)c(C3CCN([C@@H]4COC[C@@H]4O)CC3)cc2n1. The standard InChI is InChI=1S/C21H25ClN6O2/c1-12-18(9-24-27-12)26-21-23-8-14-6-16(22)15(7-17(14)25-21)13-2-4-28(5-3-13)19-10-30-11-20(19)29/h6-9,13,19-20,29H,2-5,10-11H2,1H3,(H,24,27)(H,23,25,26)/t19-,20+/m1/s1. The normalized spacial score (nSPS) is 23.3. The topological polar surface area (TPSA) is 99.2 Å². The lowest BCUT2D eigenvalue weighted by atomic mass is 9.88. The van der Waals surface area contributed by atoms with Crippen molar-refractivity contribution in [2.24, 2.45) is 0 Å². The van der Waals surface area contributed by atoms with Gasteiger partial charge in [0.2, 0.25) is 5.95 Å². The van der Waals surface area contributed by atoms with E-state index in [0.29, 0.717) is 25.1 Å². The van der Waals surface area contributed by atoms with E-state index in [0.717, 1.165) is 58.8 Å². The maximum absolute atomic E-state index is 10.1. The summed E-state index contributed by atoms with van der Waals surface area (Å²) in [6.45, 7) is 4.86. The minimum Gasteiger partial charge on any atom is -0.389 e. The zero-order valence-electron chi connectivity index (χ0n) is 16.8. The van der Waals surface area contributed by atoms with E-state index in [4.69, 9.17) is 21.3 Å². The molecule has 9 heteroatoms. The first kappa shape index (κ1) is 19.7. The van der Waals surface area contributed by atoms with Crippen molar-refractivity contribution >= 4 is 34.1 Å². The number of rotatable bonds is 4. The van der Waals surface area contributed by atoms with Crippen LogP contribution >= 0.6 is 11.6 Å². The van der Waals surface area contributed by atoms with Gasteiger partial charge in [0.05, 0.1) is 48.5 Å². The second kappa shape index (κ2) is 8.11. The van der Waals surface area contributed by atoms with E-state index in [9.17, 15) is 5.11 Å². The molecule has 0 unspecified atom stereocenters. The van der Waals surface area contributed by atoms with Crippen LogP contribution in [0.4, 0.5) is 11.6 Å². The van der Waals surface area contributed by atoms with Gasteiger partial charge in [-0.3, -0.25) is 10.00 Å². The minimum atomic E-state index is -0.382. The van der Waals surface area contributed by atoms with Gasteiger partial charge in [-0.25, -0.2) is 9.97 Å². The number of hydrogen-bond donors (Lipinski definition) is 3. The molecule has 2 aliphatic rings. The molecular weight excluding hydrogens is 404 g/mol. The van der Waals surface area contributed by atoms with Crippen molar-refractivity contribution in [3.05, 3.63) is 40.8 Å². The van der Waals surface area contributed by atoms with Crippen molar-refractivity contribution in [3.63, 3.8) is 0 Å².